The molecular formula is C40H24. The van der Waals surface area contributed by atoms with Crippen LogP contribution in [0.5, 0.6) is 0 Å². The van der Waals surface area contributed by atoms with Gasteiger partial charge in [-0.1, -0.05) is 121 Å². The Kier molecular flexibility index (Phi) is 4.42. The molecule has 1 aliphatic rings. The van der Waals surface area contributed by atoms with E-state index in [4.69, 9.17) is 0 Å². The van der Waals surface area contributed by atoms with Gasteiger partial charge in [0.15, 0.2) is 0 Å². The summed E-state index contributed by atoms with van der Waals surface area (Å²) in [5.41, 5.74) is 10.3. The molecule has 0 saturated heterocycles. The zero-order valence-corrected chi connectivity index (χ0v) is 21.9. The molecule has 0 nitrogen and oxygen atoms in total. The van der Waals surface area contributed by atoms with Crippen LogP contribution in [0, 0.1) is 0 Å². The van der Waals surface area contributed by atoms with Crippen LogP contribution < -0.4 is 0 Å². The highest BCUT2D eigenvalue weighted by molar-refractivity contribution is 6.16. The van der Waals surface area contributed by atoms with Crippen LogP contribution >= 0.6 is 0 Å². The average Bonchev–Trinajstić information content (AvgIpc) is 3.03. The first-order valence-electron chi connectivity index (χ1n) is 13.9. The molecule has 0 amide bonds. The van der Waals surface area contributed by atoms with Crippen LogP contribution in [0.1, 0.15) is 0 Å². The van der Waals surface area contributed by atoms with Crippen molar-refractivity contribution in [2.24, 2.45) is 0 Å². The first-order valence-corrected chi connectivity index (χ1v) is 13.9. The molecule has 0 atom stereocenters. The Labute approximate surface area is 232 Å². The fourth-order valence-electron chi connectivity index (χ4n) is 6.91. The van der Waals surface area contributed by atoms with Crippen molar-refractivity contribution in [1.82, 2.24) is 0 Å². The Morgan fingerprint density at radius 2 is 0.525 bits per heavy atom. The maximum atomic E-state index is 2.43. The molecule has 1 aliphatic carbocycles. The van der Waals surface area contributed by atoms with Crippen LogP contribution in [-0.2, 0) is 0 Å². The smallest absolute Gasteiger partial charge is 0.00923 e. The fourth-order valence-corrected chi connectivity index (χ4v) is 6.91. The van der Waals surface area contributed by atoms with E-state index in [9.17, 15) is 0 Å². The highest BCUT2D eigenvalue weighted by Crippen LogP contribution is 2.50. The summed E-state index contributed by atoms with van der Waals surface area (Å²) in [6.07, 6.45) is 0. The van der Waals surface area contributed by atoms with Gasteiger partial charge in [-0.2, -0.15) is 0 Å². The lowest BCUT2D eigenvalue weighted by Crippen LogP contribution is -1.98. The van der Waals surface area contributed by atoms with Gasteiger partial charge in [0.1, 0.15) is 0 Å². The predicted octanol–water partition coefficient (Wildman–Crippen LogP) is 11.3. The lowest BCUT2D eigenvalue weighted by molar-refractivity contribution is 1.55. The van der Waals surface area contributed by atoms with Crippen molar-refractivity contribution in [3.8, 4) is 44.5 Å². The maximum Gasteiger partial charge on any atom is -0.00923 e. The second-order valence-electron chi connectivity index (χ2n) is 10.9. The maximum absolute atomic E-state index is 2.43. The van der Waals surface area contributed by atoms with Gasteiger partial charge in [0.25, 0.3) is 0 Å². The quantitative estimate of drug-likeness (QED) is 0.180. The van der Waals surface area contributed by atoms with Crippen molar-refractivity contribution in [3.63, 3.8) is 0 Å². The van der Waals surface area contributed by atoms with Crippen LogP contribution in [0.3, 0.4) is 0 Å². The predicted molar refractivity (Wildman–Crippen MR) is 172 cm³/mol. The molecule has 184 valence electrons. The number of fused-ring (bicyclic) bond motifs is 14. The molecule has 0 saturated carbocycles. The summed E-state index contributed by atoms with van der Waals surface area (Å²) in [7, 11) is 0. The van der Waals surface area contributed by atoms with Gasteiger partial charge in [-0.05, 0) is 112 Å². The van der Waals surface area contributed by atoms with Crippen molar-refractivity contribution in [1.29, 1.82) is 0 Å². The lowest BCUT2D eigenvalue weighted by Gasteiger charge is -2.24. The topological polar surface area (TPSA) is 0 Å². The molecule has 0 aliphatic heterocycles. The standard InChI is InChI=1S/C40H24/c1-3-11-29-25(9-1)17-19-27-21-37-32-14-6-8-16-34(32)40-24-36-28(20-18-26-10-2-4-12-30(26)36)22-38(40)31-13-5-7-15-33(31)39(37)23-35(27)29/h1-24H. The molecule has 0 heteroatoms. The minimum absolute atomic E-state index is 1.27. The zero-order chi connectivity index (χ0) is 26.2. The summed E-state index contributed by atoms with van der Waals surface area (Å²) in [4.78, 5) is 0. The zero-order valence-electron chi connectivity index (χ0n) is 21.9. The monoisotopic (exact) mass is 504 g/mol. The number of hydrogen-bond acceptors (Lipinski definition) is 0. The Morgan fingerprint density at radius 3 is 0.950 bits per heavy atom. The van der Waals surface area contributed by atoms with Crippen LogP contribution in [0.15, 0.2) is 146 Å². The highest BCUT2D eigenvalue weighted by Gasteiger charge is 2.23. The molecule has 0 unspecified atom stereocenters. The van der Waals surface area contributed by atoms with Gasteiger partial charge < -0.3 is 0 Å². The van der Waals surface area contributed by atoms with E-state index in [0.717, 1.165) is 0 Å². The molecule has 0 N–H and O–H groups in total. The fraction of sp³-hybridized carbons (Fsp3) is 0. The summed E-state index contributed by atoms with van der Waals surface area (Å²) in [5, 5.41) is 10.3. The van der Waals surface area contributed by atoms with Gasteiger partial charge in [-0.25, -0.2) is 0 Å². The third kappa shape index (κ3) is 3.02. The van der Waals surface area contributed by atoms with E-state index in [1.165, 1.54) is 87.6 Å². The van der Waals surface area contributed by atoms with Crippen LogP contribution in [-0.4, -0.2) is 0 Å². The average molecular weight is 505 g/mol. The van der Waals surface area contributed by atoms with Gasteiger partial charge in [-0.15, -0.1) is 0 Å². The summed E-state index contributed by atoms with van der Waals surface area (Å²) in [6.45, 7) is 0. The molecule has 9 rings (SSSR count). The van der Waals surface area contributed by atoms with Crippen molar-refractivity contribution in [2.45, 2.75) is 0 Å². The second-order valence-corrected chi connectivity index (χ2v) is 10.9. The molecule has 0 aromatic heterocycles. The third-order valence-corrected chi connectivity index (χ3v) is 8.78. The van der Waals surface area contributed by atoms with Gasteiger partial charge in [0.05, 0.1) is 0 Å². The molecule has 8 aromatic rings. The van der Waals surface area contributed by atoms with E-state index in [2.05, 4.69) is 146 Å². The number of rotatable bonds is 0. The van der Waals surface area contributed by atoms with E-state index in [1.807, 2.05) is 0 Å². The van der Waals surface area contributed by atoms with Crippen molar-refractivity contribution >= 4 is 43.1 Å². The van der Waals surface area contributed by atoms with E-state index >= 15 is 0 Å². The minimum atomic E-state index is 1.27. The Balaban J connectivity index is 1.46. The second kappa shape index (κ2) is 8.15. The third-order valence-electron chi connectivity index (χ3n) is 8.78. The first kappa shape index (κ1) is 21.7. The van der Waals surface area contributed by atoms with Crippen LogP contribution in [0.2, 0.25) is 0 Å². The van der Waals surface area contributed by atoms with Gasteiger partial charge in [0.2, 0.25) is 0 Å². The molecule has 40 heavy (non-hydrogen) atoms. The van der Waals surface area contributed by atoms with E-state index < -0.39 is 0 Å². The van der Waals surface area contributed by atoms with E-state index in [1.54, 1.807) is 0 Å². The summed E-state index contributed by atoms with van der Waals surface area (Å²) >= 11 is 0. The molecule has 0 bridgehead atoms. The Morgan fingerprint density at radius 1 is 0.200 bits per heavy atom. The van der Waals surface area contributed by atoms with Crippen LogP contribution in [0.4, 0.5) is 0 Å². The molecule has 0 radical (unpaired) electrons. The van der Waals surface area contributed by atoms with Crippen molar-refractivity contribution < 1.29 is 0 Å². The minimum Gasteiger partial charge on any atom is -0.0616 e. The summed E-state index contributed by atoms with van der Waals surface area (Å²) in [6, 6.07) is 54.1. The van der Waals surface area contributed by atoms with Gasteiger partial charge in [-0.3, -0.25) is 0 Å². The van der Waals surface area contributed by atoms with Gasteiger partial charge in [0, 0.05) is 0 Å². The van der Waals surface area contributed by atoms with Crippen LogP contribution in [0.25, 0.3) is 87.6 Å². The van der Waals surface area contributed by atoms with Crippen molar-refractivity contribution in [3.05, 3.63) is 146 Å². The highest BCUT2D eigenvalue weighted by atomic mass is 14.3. The normalized spacial score (nSPS) is 12.0. The van der Waals surface area contributed by atoms with E-state index in [0.29, 0.717) is 0 Å². The lowest BCUT2D eigenvalue weighted by atomic mass is 9.79. The first-order chi connectivity index (χ1) is 19.8. The number of hydrogen-bond donors (Lipinski definition) is 0. The van der Waals surface area contributed by atoms with E-state index in [-0.39, 0.29) is 0 Å². The molecule has 0 fully saturated rings. The molecule has 0 spiro atoms. The number of benzene rings is 8. The molecule has 8 aromatic carbocycles. The largest absolute Gasteiger partial charge is 0.0616 e. The Bertz CT molecular complexity index is 2150. The summed E-state index contributed by atoms with van der Waals surface area (Å²) < 4.78 is 0. The van der Waals surface area contributed by atoms with Gasteiger partial charge >= 0.3 is 0 Å². The molecular weight excluding hydrogens is 480 g/mol. The Hall–Kier alpha value is -5.20. The SMILES string of the molecule is c1ccc2c(c1)-c1cc3ccc4ccccc4c3cc1-c1ccccc1-c1cc3ccc4ccccc4c3cc1-2. The molecule has 0 heterocycles. The summed E-state index contributed by atoms with van der Waals surface area (Å²) in [5.74, 6) is 0. The van der Waals surface area contributed by atoms with Crippen molar-refractivity contribution in [2.75, 3.05) is 0 Å².